The van der Waals surface area contributed by atoms with E-state index in [-0.39, 0.29) is 36.1 Å². The number of hydrogen-bond acceptors (Lipinski definition) is 8. The van der Waals surface area contributed by atoms with Crippen molar-refractivity contribution in [3.05, 3.63) is 57.6 Å². The van der Waals surface area contributed by atoms with E-state index >= 15 is 0 Å². The Kier molecular flexibility index (Phi) is 5.95. The Hall–Kier alpha value is -3.95. The van der Waals surface area contributed by atoms with Crippen LogP contribution in [0.4, 0.5) is 11.4 Å². The highest BCUT2D eigenvalue weighted by molar-refractivity contribution is 6.01. The molecule has 0 unspecified atom stereocenters. The zero-order valence-electron chi connectivity index (χ0n) is 16.2. The number of nitrogens with zero attached hydrogens (tertiary/aromatic N) is 2. The van der Waals surface area contributed by atoms with Crippen molar-refractivity contribution in [3.8, 4) is 11.5 Å². The zero-order chi connectivity index (χ0) is 21.8. The van der Waals surface area contributed by atoms with Crippen LogP contribution in [0.5, 0.6) is 11.5 Å². The van der Waals surface area contributed by atoms with Crippen LogP contribution in [-0.4, -0.2) is 42.8 Å². The lowest BCUT2D eigenvalue weighted by atomic mass is 10.1. The quantitative estimate of drug-likeness (QED) is 0.292. The number of benzene rings is 2. The van der Waals surface area contributed by atoms with E-state index in [0.29, 0.717) is 16.9 Å². The number of non-ortho nitro benzene ring substituents is 1. The average molecular weight is 414 g/mol. The molecule has 1 aliphatic heterocycles. The lowest BCUT2D eigenvalue weighted by molar-refractivity contribution is -0.384. The summed E-state index contributed by atoms with van der Waals surface area (Å²) in [6, 6.07) is 8.55. The predicted octanol–water partition coefficient (Wildman–Crippen LogP) is 2.27. The molecule has 0 bridgehead atoms. The number of nitro benzene ring substituents is 1. The minimum Gasteiger partial charge on any atom is -0.496 e. The Morgan fingerprint density at radius 1 is 1.23 bits per heavy atom. The fraction of sp³-hybridized carbons (Fsp3) is 0.250. The number of nitro groups is 1. The average Bonchev–Trinajstić information content (AvgIpc) is 2.73. The van der Waals surface area contributed by atoms with Crippen LogP contribution in [0.3, 0.4) is 0 Å². The Morgan fingerprint density at radius 2 is 2.00 bits per heavy atom. The van der Waals surface area contributed by atoms with Crippen molar-refractivity contribution >= 4 is 29.0 Å². The molecule has 0 saturated carbocycles. The summed E-state index contributed by atoms with van der Waals surface area (Å²) in [5, 5.41) is 11.0. The summed E-state index contributed by atoms with van der Waals surface area (Å²) in [7, 11) is 1.45. The second-order valence-electron chi connectivity index (χ2n) is 6.42. The number of rotatable bonds is 7. The molecule has 10 heteroatoms. The van der Waals surface area contributed by atoms with E-state index in [1.165, 1.54) is 32.2 Å². The summed E-state index contributed by atoms with van der Waals surface area (Å²) < 4.78 is 15.7. The third-order valence-electron chi connectivity index (χ3n) is 4.46. The molecule has 30 heavy (non-hydrogen) atoms. The van der Waals surface area contributed by atoms with Crippen LogP contribution in [0.15, 0.2) is 36.4 Å². The van der Waals surface area contributed by atoms with Gasteiger partial charge in [-0.1, -0.05) is 0 Å². The van der Waals surface area contributed by atoms with Gasteiger partial charge in [0.05, 0.1) is 17.7 Å². The molecule has 1 amide bonds. The van der Waals surface area contributed by atoms with E-state index in [2.05, 4.69) is 0 Å². The molecule has 0 radical (unpaired) electrons. The first-order chi connectivity index (χ1) is 14.3. The van der Waals surface area contributed by atoms with Crippen molar-refractivity contribution < 1.29 is 33.5 Å². The molecule has 0 N–H and O–H groups in total. The van der Waals surface area contributed by atoms with Gasteiger partial charge in [0.1, 0.15) is 24.7 Å². The highest BCUT2D eigenvalue weighted by Crippen LogP contribution is 2.35. The van der Waals surface area contributed by atoms with E-state index in [1.807, 2.05) is 0 Å². The molecule has 0 atom stereocenters. The molecule has 2 aromatic rings. The number of methoxy groups -OCH3 is 1. The normalized spacial score (nSPS) is 12.6. The second kappa shape index (κ2) is 8.60. The number of esters is 1. The van der Waals surface area contributed by atoms with Crippen molar-refractivity contribution in [2.45, 2.75) is 13.5 Å². The van der Waals surface area contributed by atoms with Crippen LogP contribution in [0.1, 0.15) is 22.8 Å². The van der Waals surface area contributed by atoms with Gasteiger partial charge in [0.2, 0.25) is 0 Å². The molecular formula is C20H18N2O8. The standard InChI is InChI=1S/C20H18N2O8/c1-12(23)13-3-5-17(28-2)14(7-13)10-30-20(25)9-21-16-8-15(22(26)27)4-6-18(16)29-11-19(21)24/h3-8H,9-11H2,1-2H3. The molecule has 1 heterocycles. The van der Waals surface area contributed by atoms with E-state index in [4.69, 9.17) is 14.2 Å². The van der Waals surface area contributed by atoms with E-state index < -0.39 is 23.3 Å². The predicted molar refractivity (Wildman–Crippen MR) is 104 cm³/mol. The Bertz CT molecular complexity index is 1030. The maximum Gasteiger partial charge on any atom is 0.326 e. The Labute approximate surface area is 171 Å². The highest BCUT2D eigenvalue weighted by atomic mass is 16.6. The Balaban J connectivity index is 1.75. The summed E-state index contributed by atoms with van der Waals surface area (Å²) in [5.74, 6) is -0.725. The maximum absolute atomic E-state index is 12.4. The van der Waals surface area contributed by atoms with Gasteiger partial charge in [0.15, 0.2) is 12.4 Å². The number of fused-ring (bicyclic) bond motifs is 1. The molecule has 156 valence electrons. The molecule has 0 aliphatic carbocycles. The number of carbonyl (C=O) groups is 3. The smallest absolute Gasteiger partial charge is 0.326 e. The first-order valence-corrected chi connectivity index (χ1v) is 8.85. The van der Waals surface area contributed by atoms with Crippen LogP contribution in [0, 0.1) is 10.1 Å². The van der Waals surface area contributed by atoms with Gasteiger partial charge in [-0.2, -0.15) is 0 Å². The molecule has 10 nitrogen and oxygen atoms in total. The Morgan fingerprint density at radius 3 is 2.67 bits per heavy atom. The molecule has 0 spiro atoms. The van der Waals surface area contributed by atoms with Gasteiger partial charge in [-0.15, -0.1) is 0 Å². The zero-order valence-corrected chi connectivity index (χ0v) is 16.2. The molecule has 2 aromatic carbocycles. The molecule has 0 aromatic heterocycles. The number of hydrogen-bond donors (Lipinski definition) is 0. The van der Waals surface area contributed by atoms with Crippen molar-refractivity contribution in [2.75, 3.05) is 25.2 Å². The van der Waals surface area contributed by atoms with Crippen LogP contribution < -0.4 is 14.4 Å². The first kappa shape index (κ1) is 20.8. The lowest BCUT2D eigenvalue weighted by Gasteiger charge is -2.28. The number of Topliss-reactive ketones (excluding diaryl/α,β-unsaturated/α-hetero) is 1. The van der Waals surface area contributed by atoms with Crippen molar-refractivity contribution in [2.24, 2.45) is 0 Å². The van der Waals surface area contributed by atoms with Crippen molar-refractivity contribution in [3.63, 3.8) is 0 Å². The fourth-order valence-electron chi connectivity index (χ4n) is 2.92. The van der Waals surface area contributed by atoms with Gasteiger partial charge in [-0.25, -0.2) is 0 Å². The first-order valence-electron chi connectivity index (χ1n) is 8.85. The van der Waals surface area contributed by atoms with E-state index in [0.717, 1.165) is 4.90 Å². The molecule has 3 rings (SSSR count). The lowest BCUT2D eigenvalue weighted by Crippen LogP contribution is -2.42. The third kappa shape index (κ3) is 4.37. The van der Waals surface area contributed by atoms with E-state index in [1.54, 1.807) is 18.2 Å². The molecule has 0 fully saturated rings. The minimum absolute atomic E-state index is 0.119. The topological polar surface area (TPSA) is 125 Å². The molecule has 1 aliphatic rings. The van der Waals surface area contributed by atoms with Crippen molar-refractivity contribution in [1.82, 2.24) is 0 Å². The second-order valence-corrected chi connectivity index (χ2v) is 6.42. The summed E-state index contributed by atoms with van der Waals surface area (Å²) in [6.45, 7) is 0.485. The van der Waals surface area contributed by atoms with Crippen LogP contribution in [-0.2, 0) is 20.9 Å². The monoisotopic (exact) mass is 414 g/mol. The van der Waals surface area contributed by atoms with Crippen LogP contribution >= 0.6 is 0 Å². The number of carbonyl (C=O) groups excluding carboxylic acids is 3. The van der Waals surface area contributed by atoms with Crippen LogP contribution in [0.25, 0.3) is 0 Å². The summed E-state index contributed by atoms with van der Waals surface area (Å²) in [6.07, 6.45) is 0. The van der Waals surface area contributed by atoms with E-state index in [9.17, 15) is 24.5 Å². The highest BCUT2D eigenvalue weighted by Gasteiger charge is 2.29. The summed E-state index contributed by atoms with van der Waals surface area (Å²) in [4.78, 5) is 47.7. The number of ketones is 1. The number of amides is 1. The van der Waals surface area contributed by atoms with Crippen molar-refractivity contribution in [1.29, 1.82) is 0 Å². The summed E-state index contributed by atoms with van der Waals surface area (Å²) in [5.41, 5.74) is 0.805. The third-order valence-corrected chi connectivity index (χ3v) is 4.46. The van der Waals surface area contributed by atoms with Gasteiger partial charge in [-0.05, 0) is 31.2 Å². The largest absolute Gasteiger partial charge is 0.496 e. The van der Waals surface area contributed by atoms with Crippen LogP contribution in [0.2, 0.25) is 0 Å². The van der Waals surface area contributed by atoms with Gasteiger partial charge in [0.25, 0.3) is 11.6 Å². The fourth-order valence-corrected chi connectivity index (χ4v) is 2.92. The molecule has 0 saturated heterocycles. The van der Waals surface area contributed by atoms with Gasteiger partial charge in [-0.3, -0.25) is 29.4 Å². The maximum atomic E-state index is 12.4. The number of anilines is 1. The van der Waals surface area contributed by atoms with Gasteiger partial charge >= 0.3 is 5.97 Å². The minimum atomic E-state index is -0.738. The summed E-state index contributed by atoms with van der Waals surface area (Å²) >= 11 is 0. The molecular weight excluding hydrogens is 396 g/mol. The SMILES string of the molecule is COc1ccc(C(C)=O)cc1COC(=O)CN1C(=O)COc2ccc([N+](=O)[O-])cc21. The van der Waals surface area contributed by atoms with Gasteiger partial charge < -0.3 is 14.2 Å². The number of ether oxygens (including phenoxy) is 3. The van der Waals surface area contributed by atoms with Gasteiger partial charge in [0, 0.05) is 23.3 Å².